The normalized spacial score (nSPS) is 8.41. The number of carbonyl (C=O) groups is 2. The molecule has 94 valence electrons. The zero-order valence-electron chi connectivity index (χ0n) is 9.36. The van der Waals surface area contributed by atoms with Crippen LogP contribution in [0.5, 0.6) is 5.75 Å². The summed E-state index contributed by atoms with van der Waals surface area (Å²) in [5.41, 5.74) is 0. The highest BCUT2D eigenvalue weighted by Crippen LogP contribution is 2.22. The van der Waals surface area contributed by atoms with Gasteiger partial charge in [-0.1, -0.05) is 23.7 Å². The zero-order chi connectivity index (χ0) is 13.3. The number of nitrogens with one attached hydrogen (secondary N) is 2. The number of carbonyl (C=O) groups excluding carboxylic acids is 1. The fourth-order valence-electron chi connectivity index (χ4n) is 0.678. The second kappa shape index (κ2) is 8.23. The first-order valence-corrected chi connectivity index (χ1v) is 4.93. The van der Waals surface area contributed by atoms with Crippen molar-refractivity contribution in [2.75, 3.05) is 14.1 Å². The van der Waals surface area contributed by atoms with Gasteiger partial charge in [0.25, 0.3) is 0 Å². The molecule has 1 aromatic carbocycles. The summed E-state index contributed by atoms with van der Waals surface area (Å²) in [6.45, 7) is 0. The van der Waals surface area contributed by atoms with Gasteiger partial charge in [0.15, 0.2) is 5.75 Å². The highest BCUT2D eigenvalue weighted by Gasteiger charge is 2.03. The number of carboxylic acid groups (broad SMARTS) is 1. The highest BCUT2D eigenvalue weighted by molar-refractivity contribution is 6.32. The maximum absolute atomic E-state index is 10.7. The van der Waals surface area contributed by atoms with Gasteiger partial charge in [-0.2, -0.15) is 0 Å². The van der Waals surface area contributed by atoms with Gasteiger partial charge >= 0.3 is 12.2 Å². The largest absolute Gasteiger partial charge is 0.465 e. The van der Waals surface area contributed by atoms with Gasteiger partial charge < -0.3 is 20.5 Å². The summed E-state index contributed by atoms with van der Waals surface area (Å²) in [5.74, 6) is 0.360. The second-order valence-electron chi connectivity index (χ2n) is 2.63. The van der Waals surface area contributed by atoms with Crippen LogP contribution in [-0.4, -0.2) is 31.4 Å². The predicted molar refractivity (Wildman–Crippen MR) is 63.6 cm³/mol. The molecule has 7 heteroatoms. The molecule has 0 bridgehead atoms. The lowest BCUT2D eigenvalue weighted by atomic mass is 10.3. The lowest BCUT2D eigenvalue weighted by Crippen LogP contribution is -2.22. The van der Waals surface area contributed by atoms with E-state index in [0.717, 1.165) is 0 Å². The van der Waals surface area contributed by atoms with Crippen LogP contribution < -0.4 is 15.4 Å². The molecule has 0 aliphatic heterocycles. The first-order chi connectivity index (χ1) is 8.01. The molecule has 1 rings (SSSR count). The Kier molecular flexibility index (Phi) is 7.29. The van der Waals surface area contributed by atoms with E-state index < -0.39 is 12.2 Å². The van der Waals surface area contributed by atoms with Crippen LogP contribution in [0.25, 0.3) is 0 Å². The van der Waals surface area contributed by atoms with Crippen LogP contribution in [0.2, 0.25) is 5.02 Å². The number of para-hydroxylation sites is 1. The third-order valence-corrected chi connectivity index (χ3v) is 1.77. The summed E-state index contributed by atoms with van der Waals surface area (Å²) in [7, 11) is 2.83. The van der Waals surface area contributed by atoms with Gasteiger partial charge in [0.05, 0.1) is 5.02 Å². The zero-order valence-corrected chi connectivity index (χ0v) is 10.1. The van der Waals surface area contributed by atoms with E-state index in [2.05, 4.69) is 5.32 Å². The molecule has 0 radical (unpaired) electrons. The minimum Gasteiger partial charge on any atom is -0.465 e. The number of benzene rings is 1. The fraction of sp³-hybridized carbons (Fsp3) is 0.200. The topological polar surface area (TPSA) is 87.7 Å². The molecule has 0 atom stereocenters. The minimum atomic E-state index is -0.995. The molecular weight excluding hydrogens is 248 g/mol. The van der Waals surface area contributed by atoms with Crippen LogP contribution >= 0.6 is 11.6 Å². The summed E-state index contributed by atoms with van der Waals surface area (Å²) >= 11 is 5.72. The van der Waals surface area contributed by atoms with Crippen molar-refractivity contribution in [1.82, 2.24) is 10.6 Å². The number of amides is 2. The Labute approximate surface area is 104 Å². The molecule has 0 unspecified atom stereocenters. The number of hydrogen-bond acceptors (Lipinski definition) is 3. The van der Waals surface area contributed by atoms with Gasteiger partial charge in [-0.3, -0.25) is 0 Å². The molecule has 0 heterocycles. The summed E-state index contributed by atoms with van der Waals surface area (Å²) in [6, 6.07) is 6.78. The van der Waals surface area contributed by atoms with E-state index in [1.165, 1.54) is 14.1 Å². The molecule has 0 aliphatic rings. The van der Waals surface area contributed by atoms with Gasteiger partial charge in [-0.05, 0) is 12.1 Å². The third kappa shape index (κ3) is 7.02. The first kappa shape index (κ1) is 15.0. The van der Waals surface area contributed by atoms with Crippen molar-refractivity contribution >= 4 is 23.8 Å². The van der Waals surface area contributed by atoms with E-state index in [0.29, 0.717) is 10.8 Å². The van der Waals surface area contributed by atoms with Gasteiger partial charge in [0.1, 0.15) is 0 Å². The molecule has 17 heavy (non-hydrogen) atoms. The maximum Gasteiger partial charge on any atom is 0.412 e. The Balaban J connectivity index is 0.000000437. The van der Waals surface area contributed by atoms with E-state index >= 15 is 0 Å². The van der Waals surface area contributed by atoms with Crippen molar-refractivity contribution in [3.63, 3.8) is 0 Å². The van der Waals surface area contributed by atoms with Crippen molar-refractivity contribution in [1.29, 1.82) is 0 Å². The van der Waals surface area contributed by atoms with Crippen LogP contribution in [0, 0.1) is 0 Å². The molecule has 0 saturated carbocycles. The fourth-order valence-corrected chi connectivity index (χ4v) is 0.853. The van der Waals surface area contributed by atoms with E-state index in [9.17, 15) is 9.59 Å². The van der Waals surface area contributed by atoms with Crippen LogP contribution in [0.3, 0.4) is 0 Å². The Bertz CT molecular complexity index is 384. The van der Waals surface area contributed by atoms with Crippen molar-refractivity contribution in [3.8, 4) is 5.75 Å². The van der Waals surface area contributed by atoms with E-state index in [4.69, 9.17) is 21.4 Å². The van der Waals surface area contributed by atoms with Crippen molar-refractivity contribution in [2.45, 2.75) is 0 Å². The summed E-state index contributed by atoms with van der Waals surface area (Å²) in [5, 5.41) is 12.3. The monoisotopic (exact) mass is 260 g/mol. The highest BCUT2D eigenvalue weighted by atomic mass is 35.5. The molecule has 0 aromatic heterocycles. The average Bonchev–Trinajstić information content (AvgIpc) is 2.32. The standard InChI is InChI=1S/C8H8ClNO2.C2H5NO2/c1-10-8(11)12-7-5-3-2-4-6(7)9;1-3-2(4)5/h2-5H,1H3,(H,10,11);3H,1H3,(H,4,5). The molecule has 1 aromatic rings. The summed E-state index contributed by atoms with van der Waals surface area (Å²) in [6.07, 6.45) is -1.52. The van der Waals surface area contributed by atoms with E-state index in [1.807, 2.05) is 5.32 Å². The molecule has 6 nitrogen and oxygen atoms in total. The first-order valence-electron chi connectivity index (χ1n) is 4.56. The molecule has 2 amide bonds. The summed E-state index contributed by atoms with van der Waals surface area (Å²) in [4.78, 5) is 20.0. The van der Waals surface area contributed by atoms with E-state index in [-0.39, 0.29) is 0 Å². The number of halogens is 1. The third-order valence-electron chi connectivity index (χ3n) is 1.46. The average molecular weight is 261 g/mol. The second-order valence-corrected chi connectivity index (χ2v) is 3.03. The van der Waals surface area contributed by atoms with Gasteiger partial charge in [-0.25, -0.2) is 9.59 Å². The van der Waals surface area contributed by atoms with Gasteiger partial charge in [0.2, 0.25) is 0 Å². The lowest BCUT2D eigenvalue weighted by molar-refractivity contribution is 0.197. The van der Waals surface area contributed by atoms with Crippen molar-refractivity contribution < 1.29 is 19.4 Å². The van der Waals surface area contributed by atoms with Crippen molar-refractivity contribution in [3.05, 3.63) is 29.3 Å². The summed E-state index contributed by atoms with van der Waals surface area (Å²) < 4.78 is 4.81. The number of rotatable bonds is 1. The predicted octanol–water partition coefficient (Wildman–Crippen LogP) is 1.94. The molecular formula is C10H13ClN2O4. The van der Waals surface area contributed by atoms with Crippen LogP contribution in [-0.2, 0) is 0 Å². The molecule has 0 saturated heterocycles. The van der Waals surface area contributed by atoms with Gasteiger partial charge in [-0.15, -0.1) is 0 Å². The minimum absolute atomic E-state index is 0.360. The van der Waals surface area contributed by atoms with Crippen LogP contribution in [0.1, 0.15) is 0 Å². The quantitative estimate of drug-likeness (QED) is 0.720. The molecule has 0 aliphatic carbocycles. The van der Waals surface area contributed by atoms with E-state index in [1.54, 1.807) is 24.3 Å². The maximum atomic E-state index is 10.7. The van der Waals surface area contributed by atoms with Crippen LogP contribution in [0.15, 0.2) is 24.3 Å². The van der Waals surface area contributed by atoms with Gasteiger partial charge in [0, 0.05) is 14.1 Å². The Morgan fingerprint density at radius 1 is 1.24 bits per heavy atom. The molecule has 0 spiro atoms. The Hall–Kier alpha value is -1.95. The molecule has 0 fully saturated rings. The van der Waals surface area contributed by atoms with Crippen LogP contribution in [0.4, 0.5) is 9.59 Å². The Morgan fingerprint density at radius 2 is 1.76 bits per heavy atom. The lowest BCUT2D eigenvalue weighted by Gasteiger charge is -2.03. The SMILES string of the molecule is CNC(=O)O.CNC(=O)Oc1ccccc1Cl. The van der Waals surface area contributed by atoms with Crippen molar-refractivity contribution in [2.24, 2.45) is 0 Å². The number of hydrogen-bond donors (Lipinski definition) is 3. The smallest absolute Gasteiger partial charge is 0.412 e. The molecule has 3 N–H and O–H groups in total. The Morgan fingerprint density at radius 3 is 2.18 bits per heavy atom. The number of ether oxygens (including phenoxy) is 1.